The zero-order valence-corrected chi connectivity index (χ0v) is 9.43. The molecule has 1 heterocycles. The molecule has 0 bridgehead atoms. The number of hydrogen-bond acceptors (Lipinski definition) is 3. The first kappa shape index (κ1) is 12.2. The largest absolute Gasteiger partial charge is 0.391 e. The lowest BCUT2D eigenvalue weighted by atomic mass is 10.2. The Morgan fingerprint density at radius 3 is 2.40 bits per heavy atom. The van der Waals surface area contributed by atoms with Crippen molar-refractivity contribution in [3.05, 3.63) is 16.9 Å². The summed E-state index contributed by atoms with van der Waals surface area (Å²) in [5, 5.41) is 2.56. The minimum absolute atomic E-state index is 0.190. The van der Waals surface area contributed by atoms with Gasteiger partial charge in [0.15, 0.2) is 0 Å². The lowest BCUT2D eigenvalue weighted by molar-refractivity contribution is -0.136. The molecule has 0 saturated carbocycles. The second-order valence-corrected chi connectivity index (χ2v) is 4.01. The van der Waals surface area contributed by atoms with Crippen molar-refractivity contribution in [2.45, 2.75) is 25.6 Å². The van der Waals surface area contributed by atoms with Gasteiger partial charge < -0.3 is 5.32 Å². The summed E-state index contributed by atoms with van der Waals surface area (Å²) in [7, 11) is 0. The Labute approximate surface area is 93.2 Å². The van der Waals surface area contributed by atoms with Crippen LogP contribution in [0, 0.1) is 0 Å². The van der Waals surface area contributed by atoms with Gasteiger partial charge in [-0.3, -0.25) is 0 Å². The van der Waals surface area contributed by atoms with Crippen LogP contribution in [-0.2, 0) is 0 Å². The topological polar surface area (TPSA) is 37.8 Å². The number of nitrogens with one attached hydrogen (secondary N) is 1. The van der Waals surface area contributed by atoms with Gasteiger partial charge in [0.05, 0.1) is 10.9 Å². The number of hydrogen-bond donors (Lipinski definition) is 1. The van der Waals surface area contributed by atoms with E-state index in [2.05, 4.69) is 31.2 Å². The van der Waals surface area contributed by atoms with Gasteiger partial charge in [0.1, 0.15) is 0 Å². The lowest BCUT2D eigenvalue weighted by Crippen LogP contribution is -2.24. The highest BCUT2D eigenvalue weighted by molar-refractivity contribution is 9.10. The lowest BCUT2D eigenvalue weighted by Gasteiger charge is -2.15. The van der Waals surface area contributed by atoms with Crippen molar-refractivity contribution >= 4 is 21.9 Å². The third-order valence-electron chi connectivity index (χ3n) is 1.53. The maximum Gasteiger partial charge on any atom is 0.391 e. The first-order valence-corrected chi connectivity index (χ1v) is 4.97. The predicted molar refractivity (Wildman–Crippen MR) is 53.5 cm³/mol. The monoisotopic (exact) mass is 283 g/mol. The predicted octanol–water partition coefficient (Wildman–Crippen LogP) is 2.99. The average molecular weight is 284 g/mol. The highest BCUT2D eigenvalue weighted by Crippen LogP contribution is 2.22. The molecule has 0 amide bonds. The molecule has 0 aliphatic carbocycles. The number of alkyl halides is 3. The standard InChI is InChI=1S/C8H9BrF3N3/c1-5(2-8(10,11)12)15-7-13-3-6(9)4-14-7/h3-5H,2H2,1H3,(H,13,14,15). The minimum Gasteiger partial charge on any atom is -0.351 e. The smallest absolute Gasteiger partial charge is 0.351 e. The quantitative estimate of drug-likeness (QED) is 0.927. The van der Waals surface area contributed by atoms with Crippen molar-refractivity contribution in [3.8, 4) is 0 Å². The van der Waals surface area contributed by atoms with Crippen LogP contribution in [0.4, 0.5) is 19.1 Å². The third kappa shape index (κ3) is 4.96. The molecule has 1 aromatic rings. The molecule has 1 aromatic heterocycles. The van der Waals surface area contributed by atoms with Gasteiger partial charge in [-0.1, -0.05) is 0 Å². The summed E-state index contributed by atoms with van der Waals surface area (Å²) in [5.41, 5.74) is 0. The van der Waals surface area contributed by atoms with E-state index in [0.29, 0.717) is 4.47 Å². The van der Waals surface area contributed by atoms with Crippen LogP contribution in [0.5, 0.6) is 0 Å². The number of anilines is 1. The molecule has 0 aliphatic heterocycles. The van der Waals surface area contributed by atoms with Crippen molar-refractivity contribution in [2.75, 3.05) is 5.32 Å². The van der Waals surface area contributed by atoms with Crippen LogP contribution >= 0.6 is 15.9 Å². The highest BCUT2D eigenvalue weighted by atomic mass is 79.9. The van der Waals surface area contributed by atoms with Crippen LogP contribution in [0.3, 0.4) is 0 Å². The van der Waals surface area contributed by atoms with E-state index in [-0.39, 0.29) is 5.95 Å². The second-order valence-electron chi connectivity index (χ2n) is 3.09. The second kappa shape index (κ2) is 4.78. The summed E-state index contributed by atoms with van der Waals surface area (Å²) < 4.78 is 36.6. The summed E-state index contributed by atoms with van der Waals surface area (Å²) in [6.45, 7) is 1.43. The van der Waals surface area contributed by atoms with E-state index >= 15 is 0 Å². The molecule has 1 unspecified atom stereocenters. The highest BCUT2D eigenvalue weighted by Gasteiger charge is 2.30. The van der Waals surface area contributed by atoms with E-state index in [1.807, 2.05) is 0 Å². The number of nitrogens with zero attached hydrogens (tertiary/aromatic N) is 2. The molecule has 15 heavy (non-hydrogen) atoms. The molecule has 0 aromatic carbocycles. The first-order valence-electron chi connectivity index (χ1n) is 4.17. The molecule has 1 atom stereocenters. The SMILES string of the molecule is CC(CC(F)(F)F)Nc1ncc(Br)cn1. The molecule has 3 nitrogen and oxygen atoms in total. The van der Waals surface area contributed by atoms with Crippen molar-refractivity contribution in [2.24, 2.45) is 0 Å². The van der Waals surface area contributed by atoms with Crippen LogP contribution < -0.4 is 5.32 Å². The van der Waals surface area contributed by atoms with E-state index in [1.165, 1.54) is 19.3 Å². The molecule has 0 aliphatic rings. The van der Waals surface area contributed by atoms with E-state index in [1.54, 1.807) is 0 Å². The summed E-state index contributed by atoms with van der Waals surface area (Å²) in [6.07, 6.45) is -2.15. The van der Waals surface area contributed by atoms with Crippen molar-refractivity contribution < 1.29 is 13.2 Å². The fourth-order valence-corrected chi connectivity index (χ4v) is 1.21. The number of aromatic nitrogens is 2. The van der Waals surface area contributed by atoms with Gasteiger partial charge in [0.25, 0.3) is 0 Å². The summed E-state index contributed by atoms with van der Waals surface area (Å²) in [6, 6.07) is -0.744. The van der Waals surface area contributed by atoms with E-state index in [4.69, 9.17) is 0 Å². The average Bonchev–Trinajstić information content (AvgIpc) is 2.05. The van der Waals surface area contributed by atoms with Gasteiger partial charge in [-0.25, -0.2) is 9.97 Å². The Balaban J connectivity index is 2.51. The molecular formula is C8H9BrF3N3. The van der Waals surface area contributed by atoms with Gasteiger partial charge >= 0.3 is 6.18 Å². The Kier molecular flexibility index (Phi) is 3.90. The first-order chi connectivity index (χ1) is 6.87. The number of rotatable bonds is 3. The zero-order valence-electron chi connectivity index (χ0n) is 7.85. The molecule has 1 N–H and O–H groups in total. The maximum absolute atomic E-state index is 12.0. The Hall–Kier alpha value is -0.850. The summed E-state index contributed by atoms with van der Waals surface area (Å²) in [4.78, 5) is 7.62. The van der Waals surface area contributed by atoms with E-state index < -0.39 is 18.6 Å². The van der Waals surface area contributed by atoms with Crippen LogP contribution in [0.2, 0.25) is 0 Å². The minimum atomic E-state index is -4.18. The van der Waals surface area contributed by atoms with Crippen LogP contribution in [0.1, 0.15) is 13.3 Å². The molecular weight excluding hydrogens is 275 g/mol. The Morgan fingerprint density at radius 1 is 1.40 bits per heavy atom. The zero-order chi connectivity index (χ0) is 11.5. The fourth-order valence-electron chi connectivity index (χ4n) is 1.01. The van der Waals surface area contributed by atoms with Crippen molar-refractivity contribution in [1.82, 2.24) is 9.97 Å². The van der Waals surface area contributed by atoms with Gasteiger partial charge in [-0.05, 0) is 22.9 Å². The molecule has 1 rings (SSSR count). The summed E-state index contributed by atoms with van der Waals surface area (Å²) in [5.74, 6) is 0.190. The van der Waals surface area contributed by atoms with Crippen LogP contribution in [-0.4, -0.2) is 22.2 Å². The van der Waals surface area contributed by atoms with Gasteiger partial charge in [-0.2, -0.15) is 13.2 Å². The Bertz CT molecular complexity index is 312. The fraction of sp³-hybridized carbons (Fsp3) is 0.500. The van der Waals surface area contributed by atoms with Gasteiger partial charge in [-0.15, -0.1) is 0 Å². The number of halogens is 4. The molecule has 0 spiro atoms. The van der Waals surface area contributed by atoms with Gasteiger partial charge in [0, 0.05) is 18.4 Å². The normalized spacial score (nSPS) is 13.7. The van der Waals surface area contributed by atoms with Crippen LogP contribution in [0.25, 0.3) is 0 Å². The van der Waals surface area contributed by atoms with E-state index in [9.17, 15) is 13.2 Å². The molecule has 0 fully saturated rings. The molecule has 0 radical (unpaired) electrons. The van der Waals surface area contributed by atoms with E-state index in [0.717, 1.165) is 0 Å². The van der Waals surface area contributed by atoms with Crippen molar-refractivity contribution in [3.63, 3.8) is 0 Å². The molecule has 0 saturated heterocycles. The third-order valence-corrected chi connectivity index (χ3v) is 1.94. The molecule has 7 heteroatoms. The maximum atomic E-state index is 12.0. The molecule has 84 valence electrons. The van der Waals surface area contributed by atoms with Gasteiger partial charge in [0.2, 0.25) is 5.95 Å². The van der Waals surface area contributed by atoms with Crippen LogP contribution in [0.15, 0.2) is 16.9 Å². The Morgan fingerprint density at radius 2 is 1.93 bits per heavy atom. The summed E-state index contributed by atoms with van der Waals surface area (Å²) >= 11 is 3.13. The van der Waals surface area contributed by atoms with Crippen molar-refractivity contribution in [1.29, 1.82) is 0 Å².